The third-order valence-electron chi connectivity index (χ3n) is 2.74. The van der Waals surface area contributed by atoms with Crippen LogP contribution in [0.4, 0.5) is 0 Å². The van der Waals surface area contributed by atoms with Gasteiger partial charge in [0.15, 0.2) is 5.78 Å². The van der Waals surface area contributed by atoms with Gasteiger partial charge in [0.1, 0.15) is 5.69 Å². The van der Waals surface area contributed by atoms with Crippen molar-refractivity contribution in [2.45, 2.75) is 53.6 Å². The lowest BCUT2D eigenvalue weighted by atomic mass is 10.3. The predicted molar refractivity (Wildman–Crippen MR) is 95.2 cm³/mol. The number of allylic oxidation sites excluding steroid dienone is 1. The van der Waals surface area contributed by atoms with Gasteiger partial charge in [0.25, 0.3) is 0 Å². The van der Waals surface area contributed by atoms with E-state index in [9.17, 15) is 14.4 Å². The van der Waals surface area contributed by atoms with Crippen molar-refractivity contribution < 1.29 is 17.2 Å². The highest BCUT2D eigenvalue weighted by Crippen LogP contribution is 1.95. The Morgan fingerprint density at radius 3 is 2.54 bits per heavy atom. The third-order valence-corrected chi connectivity index (χ3v) is 2.74. The molecule has 0 bridgehead atoms. The molecule has 0 aromatic carbocycles. The summed E-state index contributed by atoms with van der Waals surface area (Å²) < 4.78 is 1.55. The number of aromatic nitrogens is 3. The van der Waals surface area contributed by atoms with E-state index >= 15 is 0 Å². The molecule has 138 valence electrons. The van der Waals surface area contributed by atoms with Crippen molar-refractivity contribution in [3.05, 3.63) is 24.0 Å². The first-order chi connectivity index (χ1) is 11.5. The number of nitrogens with one attached hydrogen (secondary N) is 2. The van der Waals surface area contributed by atoms with Crippen molar-refractivity contribution in [2.24, 2.45) is 0 Å². The summed E-state index contributed by atoms with van der Waals surface area (Å²) in [7, 11) is 0. The maximum atomic E-state index is 11.5. The Kier molecular flexibility index (Phi) is 11.6. The second-order valence-corrected chi connectivity index (χ2v) is 4.55. The van der Waals surface area contributed by atoms with Gasteiger partial charge in [-0.2, -0.15) is 0 Å². The number of ketones is 1. The molecule has 0 fully saturated rings. The van der Waals surface area contributed by atoms with Crippen LogP contribution < -0.4 is 10.6 Å². The Balaban J connectivity index is -0.00000127. The first-order valence-corrected chi connectivity index (χ1v) is 8.19. The summed E-state index contributed by atoms with van der Waals surface area (Å²) in [5.41, 5.74) is 0.583. The SMILES string of the molecule is CC.CCNC(=O)CCn1cc(CNC(=O)/C=C/C(=O)CC)nn1.[HH].[HH]. The minimum atomic E-state index is -0.362. The van der Waals surface area contributed by atoms with Crippen LogP contribution >= 0.6 is 0 Å². The second kappa shape index (κ2) is 13.0. The second-order valence-electron chi connectivity index (χ2n) is 4.55. The highest BCUT2D eigenvalue weighted by Gasteiger charge is 2.05. The van der Waals surface area contributed by atoms with Crippen LogP contribution in [0.25, 0.3) is 0 Å². The van der Waals surface area contributed by atoms with Gasteiger partial charge in [-0.1, -0.05) is 26.0 Å². The van der Waals surface area contributed by atoms with Crippen LogP contribution in [-0.2, 0) is 27.5 Å². The smallest absolute Gasteiger partial charge is 0.244 e. The molecule has 0 aliphatic rings. The summed E-state index contributed by atoms with van der Waals surface area (Å²) in [6.45, 7) is 8.82. The monoisotopic (exact) mass is 341 g/mol. The van der Waals surface area contributed by atoms with Crippen molar-refractivity contribution in [1.82, 2.24) is 25.6 Å². The number of carbonyl (C=O) groups is 3. The molecule has 1 heterocycles. The Morgan fingerprint density at radius 2 is 1.92 bits per heavy atom. The van der Waals surface area contributed by atoms with E-state index < -0.39 is 0 Å². The minimum absolute atomic E-state index is 0. The average molecular weight is 341 g/mol. The number of hydrogen-bond acceptors (Lipinski definition) is 5. The summed E-state index contributed by atoms with van der Waals surface area (Å²) in [6, 6.07) is 0. The van der Waals surface area contributed by atoms with Gasteiger partial charge < -0.3 is 10.6 Å². The zero-order valence-electron chi connectivity index (χ0n) is 14.8. The zero-order chi connectivity index (χ0) is 18.4. The van der Waals surface area contributed by atoms with Crippen LogP contribution in [0, 0.1) is 0 Å². The summed E-state index contributed by atoms with van der Waals surface area (Å²) >= 11 is 0. The topological polar surface area (TPSA) is 106 Å². The van der Waals surface area contributed by atoms with Gasteiger partial charge in [-0.25, -0.2) is 0 Å². The fourth-order valence-corrected chi connectivity index (χ4v) is 1.55. The van der Waals surface area contributed by atoms with Gasteiger partial charge >= 0.3 is 0 Å². The fraction of sp³-hybridized carbons (Fsp3) is 0.562. The maximum Gasteiger partial charge on any atom is 0.244 e. The molecule has 0 spiro atoms. The van der Waals surface area contributed by atoms with Gasteiger partial charge in [-0.05, 0) is 13.0 Å². The van der Waals surface area contributed by atoms with Gasteiger partial charge in [0.2, 0.25) is 11.8 Å². The fourth-order valence-electron chi connectivity index (χ4n) is 1.55. The first kappa shape index (κ1) is 21.5. The van der Waals surface area contributed by atoms with Crippen LogP contribution in [0.2, 0.25) is 0 Å². The van der Waals surface area contributed by atoms with Crippen molar-refractivity contribution in [1.29, 1.82) is 0 Å². The lowest BCUT2D eigenvalue weighted by Crippen LogP contribution is -2.23. The largest absolute Gasteiger partial charge is 0.356 e. The molecule has 0 aliphatic carbocycles. The Morgan fingerprint density at radius 1 is 1.21 bits per heavy atom. The molecule has 0 unspecified atom stereocenters. The molecule has 8 heteroatoms. The molecule has 0 radical (unpaired) electrons. The van der Waals surface area contributed by atoms with Crippen LogP contribution in [0.5, 0.6) is 0 Å². The van der Waals surface area contributed by atoms with E-state index in [4.69, 9.17) is 0 Å². The summed E-state index contributed by atoms with van der Waals surface area (Å²) in [5.74, 6) is -0.510. The van der Waals surface area contributed by atoms with Crippen LogP contribution in [0.15, 0.2) is 18.3 Å². The molecule has 1 aromatic heterocycles. The van der Waals surface area contributed by atoms with Crippen molar-refractivity contribution in [3.63, 3.8) is 0 Å². The number of carbonyl (C=O) groups excluding carboxylic acids is 3. The summed E-state index contributed by atoms with van der Waals surface area (Å²) in [6.07, 6.45) is 4.80. The number of hydrogen-bond donors (Lipinski definition) is 2. The molecule has 8 nitrogen and oxygen atoms in total. The number of rotatable bonds is 9. The van der Waals surface area contributed by atoms with E-state index in [0.717, 1.165) is 0 Å². The zero-order valence-corrected chi connectivity index (χ0v) is 14.8. The Labute approximate surface area is 145 Å². The molecule has 0 aliphatic heterocycles. The van der Waals surface area contributed by atoms with Crippen molar-refractivity contribution in [2.75, 3.05) is 6.54 Å². The summed E-state index contributed by atoms with van der Waals surface area (Å²) in [4.78, 5) is 33.8. The normalized spacial score (nSPS) is 10.0. The molecule has 0 saturated heterocycles. The van der Waals surface area contributed by atoms with Gasteiger partial charge in [0.05, 0.1) is 19.3 Å². The molecule has 24 heavy (non-hydrogen) atoms. The molecule has 1 aromatic rings. The van der Waals surface area contributed by atoms with E-state index in [1.54, 1.807) is 17.8 Å². The van der Waals surface area contributed by atoms with Gasteiger partial charge in [0, 0.05) is 28.3 Å². The van der Waals surface area contributed by atoms with Crippen molar-refractivity contribution >= 4 is 17.6 Å². The molecule has 0 saturated carbocycles. The number of aryl methyl sites for hydroxylation is 1. The average Bonchev–Trinajstić information content (AvgIpc) is 3.06. The van der Waals surface area contributed by atoms with Crippen LogP contribution in [0.1, 0.15) is 49.1 Å². The van der Waals surface area contributed by atoms with E-state index in [2.05, 4.69) is 20.9 Å². The quantitative estimate of drug-likeness (QED) is 0.662. The minimum Gasteiger partial charge on any atom is -0.356 e. The highest BCUT2D eigenvalue weighted by atomic mass is 16.2. The lowest BCUT2D eigenvalue weighted by Gasteiger charge is -2.01. The van der Waals surface area contributed by atoms with E-state index in [-0.39, 0.29) is 27.0 Å². The molecular formula is C16H31N5O3. The summed E-state index contributed by atoms with van der Waals surface area (Å²) in [5, 5.41) is 13.1. The molecule has 1 rings (SSSR count). The van der Waals surface area contributed by atoms with Crippen molar-refractivity contribution in [3.8, 4) is 0 Å². The first-order valence-electron chi connectivity index (χ1n) is 8.19. The molecule has 0 atom stereocenters. The van der Waals surface area contributed by atoms with Gasteiger partial charge in [-0.3, -0.25) is 19.1 Å². The number of amides is 2. The number of nitrogens with zero attached hydrogens (tertiary/aromatic N) is 3. The van der Waals surface area contributed by atoms with E-state index in [1.807, 2.05) is 20.8 Å². The molecular weight excluding hydrogens is 310 g/mol. The highest BCUT2D eigenvalue weighted by molar-refractivity contribution is 5.97. The molecule has 2 amide bonds. The Bertz CT molecular complexity index is 562. The standard InChI is InChI=1S/C14H21N5O3.C2H6.2H2/c1-3-12(20)5-6-13(21)16-9-11-10-19(18-17-11)8-7-14(22)15-4-2;1-2;;/h5-6,10H,3-4,7-9H2,1-2H3,(H,15,22)(H,16,21);1-2H3;2*1H/b6-5+;;;. The maximum absolute atomic E-state index is 11.5. The lowest BCUT2D eigenvalue weighted by molar-refractivity contribution is -0.121. The van der Waals surface area contributed by atoms with Gasteiger partial charge in [-0.15, -0.1) is 5.10 Å². The Hall–Kier alpha value is -2.51. The van der Waals surface area contributed by atoms with E-state index in [1.165, 1.54) is 12.2 Å². The third kappa shape index (κ3) is 9.50. The van der Waals surface area contributed by atoms with Crippen LogP contribution in [0.3, 0.4) is 0 Å². The predicted octanol–water partition coefficient (Wildman–Crippen LogP) is 1.47. The van der Waals surface area contributed by atoms with Crippen LogP contribution in [-0.4, -0.2) is 39.1 Å². The van der Waals surface area contributed by atoms with E-state index in [0.29, 0.717) is 31.6 Å². The molecule has 2 N–H and O–H groups in total.